The highest BCUT2D eigenvalue weighted by Crippen LogP contribution is 2.37. The number of para-hydroxylation sites is 1. The Bertz CT molecular complexity index is 978. The van der Waals surface area contributed by atoms with E-state index in [1.807, 2.05) is 0 Å². The second kappa shape index (κ2) is 7.98. The van der Waals surface area contributed by atoms with Gasteiger partial charge in [0.05, 0.1) is 37.3 Å². The Morgan fingerprint density at radius 1 is 1.11 bits per heavy atom. The maximum atomic E-state index is 12.7. The second-order valence-corrected chi connectivity index (χ2v) is 6.61. The Labute approximate surface area is 161 Å². The van der Waals surface area contributed by atoms with Crippen molar-refractivity contribution in [2.75, 3.05) is 14.2 Å². The minimum atomic E-state index is -0.400. The minimum Gasteiger partial charge on any atom is -0.493 e. The molecular weight excluding hydrogens is 364 g/mol. The number of imide groups is 1. The van der Waals surface area contributed by atoms with Crippen LogP contribution in [0.25, 0.3) is 6.08 Å². The van der Waals surface area contributed by atoms with Gasteiger partial charge >= 0.3 is 0 Å². The number of nitriles is 1. The molecule has 0 saturated carbocycles. The topological polar surface area (TPSA) is 79.6 Å². The number of methoxy groups -OCH3 is 2. The van der Waals surface area contributed by atoms with Crippen molar-refractivity contribution in [1.29, 1.82) is 5.26 Å². The van der Waals surface area contributed by atoms with Crippen molar-refractivity contribution in [2.45, 2.75) is 6.54 Å². The first-order chi connectivity index (χ1) is 13.1. The van der Waals surface area contributed by atoms with Crippen LogP contribution in [-0.2, 0) is 11.3 Å². The zero-order valence-corrected chi connectivity index (χ0v) is 15.6. The lowest BCUT2D eigenvalue weighted by atomic mass is 10.1. The van der Waals surface area contributed by atoms with Gasteiger partial charge in [0, 0.05) is 5.56 Å². The molecule has 1 aliphatic rings. The lowest BCUT2D eigenvalue weighted by Crippen LogP contribution is -2.27. The van der Waals surface area contributed by atoms with Gasteiger partial charge in [-0.15, -0.1) is 0 Å². The molecule has 6 nitrogen and oxygen atoms in total. The highest BCUT2D eigenvalue weighted by molar-refractivity contribution is 8.18. The number of nitrogens with zero attached hydrogens (tertiary/aromatic N) is 2. The van der Waals surface area contributed by atoms with E-state index in [9.17, 15) is 14.9 Å². The summed E-state index contributed by atoms with van der Waals surface area (Å²) in [6.45, 7) is 0.0565. The summed E-state index contributed by atoms with van der Waals surface area (Å²) in [5, 5.41) is 8.82. The summed E-state index contributed by atoms with van der Waals surface area (Å²) in [4.78, 5) is 26.5. The summed E-state index contributed by atoms with van der Waals surface area (Å²) in [7, 11) is 3.04. The third-order valence-electron chi connectivity index (χ3n) is 4.06. The Kier molecular flexibility index (Phi) is 5.48. The molecular formula is C20H16N2O4S. The summed E-state index contributed by atoms with van der Waals surface area (Å²) in [5.41, 5.74) is 1.71. The van der Waals surface area contributed by atoms with Gasteiger partial charge in [-0.05, 0) is 35.5 Å². The number of hydrogen-bond donors (Lipinski definition) is 0. The number of thioether (sulfide) groups is 1. The van der Waals surface area contributed by atoms with Crippen molar-refractivity contribution >= 4 is 29.0 Å². The van der Waals surface area contributed by atoms with Gasteiger partial charge in [0.15, 0.2) is 11.5 Å². The molecule has 0 unspecified atom stereocenters. The number of amides is 2. The molecule has 0 radical (unpaired) electrons. The number of ether oxygens (including phenoxy) is 2. The second-order valence-electron chi connectivity index (χ2n) is 5.62. The van der Waals surface area contributed by atoms with Crippen LogP contribution in [0.4, 0.5) is 4.79 Å². The number of carbonyl (C=O) groups excluding carboxylic acids is 2. The molecule has 2 aromatic carbocycles. The van der Waals surface area contributed by atoms with Gasteiger partial charge in [0.1, 0.15) is 0 Å². The Morgan fingerprint density at radius 2 is 1.89 bits per heavy atom. The predicted molar refractivity (Wildman–Crippen MR) is 102 cm³/mol. The molecule has 0 atom stereocenters. The standard InChI is InChI=1S/C20H16N2O4S/c1-25-16-9-5-8-13(18(16)26-2)10-17-19(23)22(20(24)27-17)12-15-7-4-3-6-14(15)11-21/h3-10H,12H2,1-2H3/b17-10+. The van der Waals surface area contributed by atoms with Crippen molar-refractivity contribution in [1.82, 2.24) is 4.90 Å². The molecule has 0 aromatic heterocycles. The van der Waals surface area contributed by atoms with E-state index in [1.54, 1.807) is 48.5 Å². The van der Waals surface area contributed by atoms with Crippen LogP contribution in [0.15, 0.2) is 47.4 Å². The Hall–Kier alpha value is -3.24. The van der Waals surface area contributed by atoms with Crippen LogP contribution in [0.5, 0.6) is 11.5 Å². The van der Waals surface area contributed by atoms with E-state index >= 15 is 0 Å². The van der Waals surface area contributed by atoms with Gasteiger partial charge in [-0.25, -0.2) is 0 Å². The lowest BCUT2D eigenvalue weighted by molar-refractivity contribution is -0.123. The van der Waals surface area contributed by atoms with Crippen LogP contribution in [-0.4, -0.2) is 30.3 Å². The minimum absolute atomic E-state index is 0.0565. The number of benzene rings is 2. The maximum absolute atomic E-state index is 12.7. The first kappa shape index (κ1) is 18.5. The van der Waals surface area contributed by atoms with Crippen molar-refractivity contribution in [3.63, 3.8) is 0 Å². The van der Waals surface area contributed by atoms with Crippen molar-refractivity contribution in [3.8, 4) is 17.6 Å². The molecule has 27 heavy (non-hydrogen) atoms. The fraction of sp³-hybridized carbons (Fsp3) is 0.150. The average molecular weight is 380 g/mol. The van der Waals surface area contributed by atoms with Crippen LogP contribution < -0.4 is 9.47 Å². The van der Waals surface area contributed by atoms with Crippen LogP contribution >= 0.6 is 11.8 Å². The molecule has 0 aliphatic carbocycles. The number of carbonyl (C=O) groups is 2. The predicted octanol–water partition coefficient (Wildman–Crippen LogP) is 3.81. The largest absolute Gasteiger partial charge is 0.493 e. The SMILES string of the molecule is COc1cccc(/C=C2/SC(=O)N(Cc3ccccc3C#N)C2=O)c1OC. The van der Waals surface area contributed by atoms with Gasteiger partial charge in [0.25, 0.3) is 11.1 Å². The molecule has 0 bridgehead atoms. The molecule has 3 rings (SSSR count). The maximum Gasteiger partial charge on any atom is 0.293 e. The summed E-state index contributed by atoms with van der Waals surface area (Å²) >= 11 is 0.861. The summed E-state index contributed by atoms with van der Waals surface area (Å²) in [6.07, 6.45) is 1.61. The van der Waals surface area contributed by atoms with Crippen molar-refractivity contribution in [3.05, 3.63) is 64.1 Å². The first-order valence-electron chi connectivity index (χ1n) is 8.03. The third-order valence-corrected chi connectivity index (χ3v) is 4.97. The molecule has 7 heteroatoms. The zero-order valence-electron chi connectivity index (χ0n) is 14.8. The lowest BCUT2D eigenvalue weighted by Gasteiger charge is -2.13. The van der Waals surface area contributed by atoms with E-state index in [-0.39, 0.29) is 11.8 Å². The first-order valence-corrected chi connectivity index (χ1v) is 8.85. The average Bonchev–Trinajstić information content (AvgIpc) is 2.95. The Morgan fingerprint density at radius 3 is 2.59 bits per heavy atom. The van der Waals surface area contributed by atoms with E-state index in [0.29, 0.717) is 33.1 Å². The molecule has 1 fully saturated rings. The van der Waals surface area contributed by atoms with E-state index in [1.165, 1.54) is 14.2 Å². The van der Waals surface area contributed by atoms with Crippen LogP contribution in [0.3, 0.4) is 0 Å². The molecule has 0 N–H and O–H groups in total. The summed E-state index contributed by atoms with van der Waals surface area (Å²) < 4.78 is 10.6. The fourth-order valence-electron chi connectivity index (χ4n) is 2.74. The third kappa shape index (κ3) is 3.66. The van der Waals surface area contributed by atoms with Crippen molar-refractivity contribution in [2.24, 2.45) is 0 Å². The van der Waals surface area contributed by atoms with Crippen LogP contribution in [0.2, 0.25) is 0 Å². The molecule has 1 heterocycles. The highest BCUT2D eigenvalue weighted by atomic mass is 32.2. The van der Waals surface area contributed by atoms with Gasteiger partial charge in [-0.3, -0.25) is 14.5 Å². The van der Waals surface area contributed by atoms with Gasteiger partial charge in [-0.2, -0.15) is 5.26 Å². The molecule has 1 aliphatic heterocycles. The fourth-order valence-corrected chi connectivity index (χ4v) is 3.57. The molecule has 2 aromatic rings. The zero-order chi connectivity index (χ0) is 19.4. The van der Waals surface area contributed by atoms with Crippen molar-refractivity contribution < 1.29 is 19.1 Å². The summed E-state index contributed by atoms with van der Waals surface area (Å²) in [6, 6.07) is 14.3. The molecule has 1 saturated heterocycles. The monoisotopic (exact) mass is 380 g/mol. The van der Waals surface area contributed by atoms with Gasteiger partial charge in [0.2, 0.25) is 0 Å². The van der Waals surface area contributed by atoms with Gasteiger partial charge in [-0.1, -0.05) is 30.3 Å². The molecule has 136 valence electrons. The van der Waals surface area contributed by atoms with E-state index < -0.39 is 5.91 Å². The molecule has 2 amide bonds. The van der Waals surface area contributed by atoms with Crippen LogP contribution in [0, 0.1) is 11.3 Å². The normalized spacial score (nSPS) is 15.1. The Balaban J connectivity index is 1.91. The van der Waals surface area contributed by atoms with E-state index in [2.05, 4.69) is 6.07 Å². The van der Waals surface area contributed by atoms with E-state index in [0.717, 1.165) is 16.7 Å². The highest BCUT2D eigenvalue weighted by Gasteiger charge is 2.35. The van der Waals surface area contributed by atoms with E-state index in [4.69, 9.17) is 9.47 Å². The van der Waals surface area contributed by atoms with Gasteiger partial charge < -0.3 is 9.47 Å². The van der Waals surface area contributed by atoms with Crippen LogP contribution in [0.1, 0.15) is 16.7 Å². The molecule has 0 spiro atoms. The quantitative estimate of drug-likeness (QED) is 0.734. The number of hydrogen-bond acceptors (Lipinski definition) is 6. The number of rotatable bonds is 5. The smallest absolute Gasteiger partial charge is 0.293 e. The summed E-state index contributed by atoms with van der Waals surface area (Å²) in [5.74, 6) is 0.623.